The van der Waals surface area contributed by atoms with E-state index in [9.17, 15) is 14.4 Å². The topological polar surface area (TPSA) is 85.4 Å². The molecule has 29 heavy (non-hydrogen) atoms. The van der Waals surface area contributed by atoms with Crippen LogP contribution in [-0.4, -0.2) is 42.0 Å². The minimum Gasteiger partial charge on any atom is -0.446 e. The normalized spacial score (nSPS) is 15.9. The van der Waals surface area contributed by atoms with Crippen molar-refractivity contribution < 1.29 is 13.6 Å². The zero-order valence-corrected chi connectivity index (χ0v) is 16.8. The Bertz CT molecular complexity index is 852. The van der Waals surface area contributed by atoms with E-state index in [1.165, 1.54) is 18.5 Å². The highest BCUT2D eigenvalue weighted by Crippen LogP contribution is 2.27. The van der Waals surface area contributed by atoms with E-state index < -0.39 is 6.04 Å². The van der Waals surface area contributed by atoms with Gasteiger partial charge in [0.15, 0.2) is 6.04 Å². The Kier molecular flexibility index (Phi) is 6.83. The molecule has 1 aromatic carbocycles. The molecule has 3 rings (SSSR count). The van der Waals surface area contributed by atoms with Gasteiger partial charge in [0.2, 0.25) is 11.8 Å². The molecule has 154 valence electrons. The molecule has 1 aromatic heterocycles. The molecular formula is C21H26FN5O2. The number of nitrogens with zero attached hydrogens (tertiary/aromatic N) is 4. The average Bonchev–Trinajstić information content (AvgIpc) is 3.25. The van der Waals surface area contributed by atoms with Crippen LogP contribution in [0.15, 0.2) is 35.1 Å². The van der Waals surface area contributed by atoms with Crippen molar-refractivity contribution in [1.82, 2.24) is 9.88 Å². The molecule has 0 radical (unpaired) electrons. The van der Waals surface area contributed by atoms with E-state index >= 15 is 0 Å². The third-order valence-electron chi connectivity index (χ3n) is 5.40. The molecule has 1 amide bonds. The van der Waals surface area contributed by atoms with Gasteiger partial charge in [-0.05, 0) is 31.0 Å². The summed E-state index contributed by atoms with van der Waals surface area (Å²) in [6.07, 6.45) is 4.48. The lowest BCUT2D eigenvalue weighted by Gasteiger charge is -2.37. The molecule has 0 spiro atoms. The Morgan fingerprint density at radius 2 is 2.03 bits per heavy atom. The molecule has 1 atom stereocenters. The van der Waals surface area contributed by atoms with Gasteiger partial charge in [0.1, 0.15) is 12.1 Å². The van der Waals surface area contributed by atoms with Crippen molar-refractivity contribution in [2.75, 3.05) is 36.4 Å². The first-order valence-electron chi connectivity index (χ1n) is 9.95. The Morgan fingerprint density at radius 3 is 2.59 bits per heavy atom. The fraction of sp³-hybridized carbons (Fsp3) is 0.476. The van der Waals surface area contributed by atoms with Crippen LogP contribution in [-0.2, 0) is 4.79 Å². The Balaban J connectivity index is 1.62. The van der Waals surface area contributed by atoms with Crippen LogP contribution in [0.25, 0.3) is 0 Å². The van der Waals surface area contributed by atoms with E-state index in [0.29, 0.717) is 43.4 Å². The van der Waals surface area contributed by atoms with E-state index in [4.69, 9.17) is 4.42 Å². The third-order valence-corrected chi connectivity index (χ3v) is 5.40. The summed E-state index contributed by atoms with van der Waals surface area (Å²) in [6, 6.07) is 6.48. The van der Waals surface area contributed by atoms with Gasteiger partial charge >= 0.3 is 0 Å². The summed E-state index contributed by atoms with van der Waals surface area (Å²) < 4.78 is 20.0. The van der Waals surface area contributed by atoms with Gasteiger partial charge < -0.3 is 14.6 Å². The van der Waals surface area contributed by atoms with Gasteiger partial charge in [0.05, 0.1) is 18.0 Å². The zero-order chi connectivity index (χ0) is 20.8. The van der Waals surface area contributed by atoms with Gasteiger partial charge in [-0.1, -0.05) is 13.8 Å². The van der Waals surface area contributed by atoms with Crippen LogP contribution in [0, 0.1) is 23.1 Å². The Morgan fingerprint density at radius 1 is 1.31 bits per heavy atom. The number of rotatable bonds is 7. The number of hydrogen-bond donors (Lipinski definition) is 1. The minimum atomic E-state index is -0.542. The molecular weight excluding hydrogens is 373 g/mol. The fourth-order valence-electron chi connectivity index (χ4n) is 3.63. The predicted octanol–water partition coefficient (Wildman–Crippen LogP) is 3.58. The lowest BCUT2D eigenvalue weighted by Crippen LogP contribution is -2.47. The molecule has 0 aliphatic carbocycles. The summed E-state index contributed by atoms with van der Waals surface area (Å²) >= 11 is 0. The number of nitrogens with one attached hydrogen (secondary N) is 1. The van der Waals surface area contributed by atoms with E-state index in [-0.39, 0.29) is 17.6 Å². The summed E-state index contributed by atoms with van der Waals surface area (Å²) in [5.74, 6) is -0.137. The summed E-state index contributed by atoms with van der Waals surface area (Å²) in [5.41, 5.74) is 0.963. The Hall–Kier alpha value is -2.92. The smallest absolute Gasteiger partial charge is 0.227 e. The first kappa shape index (κ1) is 20.8. The third kappa shape index (κ3) is 4.74. The van der Waals surface area contributed by atoms with Crippen molar-refractivity contribution in [2.45, 2.75) is 32.7 Å². The van der Waals surface area contributed by atoms with Crippen LogP contribution in [0.1, 0.15) is 38.6 Å². The second-order valence-corrected chi connectivity index (χ2v) is 7.09. The van der Waals surface area contributed by atoms with Crippen molar-refractivity contribution in [3.63, 3.8) is 0 Å². The highest BCUT2D eigenvalue weighted by atomic mass is 19.1. The fourth-order valence-corrected chi connectivity index (χ4v) is 3.63. The zero-order valence-electron chi connectivity index (χ0n) is 16.8. The standard InChI is InChI=1S/C21H26FN5O2/c1-3-15(4-2)20(28)25-16-5-6-18(17(22)13-16)26-8-10-27(11-9-26)19(14-23)21-24-7-12-29-21/h5-7,12-13,15,19H,3-4,8-11H2,1-2H3,(H,25,28). The molecule has 1 aliphatic heterocycles. The number of halogens is 1. The molecule has 7 nitrogen and oxygen atoms in total. The van der Waals surface area contributed by atoms with Crippen LogP contribution in [0.5, 0.6) is 0 Å². The second-order valence-electron chi connectivity index (χ2n) is 7.09. The van der Waals surface area contributed by atoms with Crippen LogP contribution in [0.2, 0.25) is 0 Å². The summed E-state index contributed by atoms with van der Waals surface area (Å²) in [6.45, 7) is 6.27. The molecule has 1 saturated heterocycles. The maximum Gasteiger partial charge on any atom is 0.227 e. The highest BCUT2D eigenvalue weighted by Gasteiger charge is 2.28. The van der Waals surface area contributed by atoms with E-state index in [0.717, 1.165) is 12.8 Å². The minimum absolute atomic E-state index is 0.0671. The first-order valence-corrected chi connectivity index (χ1v) is 9.95. The predicted molar refractivity (Wildman–Crippen MR) is 108 cm³/mol. The van der Waals surface area contributed by atoms with Gasteiger partial charge in [-0.2, -0.15) is 5.26 Å². The molecule has 0 saturated carbocycles. The number of benzene rings is 1. The number of amides is 1. The molecule has 2 heterocycles. The monoisotopic (exact) mass is 399 g/mol. The lowest BCUT2D eigenvalue weighted by atomic mass is 10.0. The van der Waals surface area contributed by atoms with E-state index in [2.05, 4.69) is 16.4 Å². The first-order chi connectivity index (χ1) is 14.1. The highest BCUT2D eigenvalue weighted by molar-refractivity contribution is 5.92. The summed E-state index contributed by atoms with van der Waals surface area (Å²) in [4.78, 5) is 20.2. The largest absolute Gasteiger partial charge is 0.446 e. The SMILES string of the molecule is CCC(CC)C(=O)Nc1ccc(N2CCN(C(C#N)c3ncco3)CC2)c(F)c1. The van der Waals surface area contributed by atoms with Crippen LogP contribution in [0.3, 0.4) is 0 Å². The number of anilines is 2. The van der Waals surface area contributed by atoms with Crippen LogP contribution < -0.4 is 10.2 Å². The lowest BCUT2D eigenvalue weighted by molar-refractivity contribution is -0.120. The molecule has 0 bridgehead atoms. The van der Waals surface area contributed by atoms with Crippen LogP contribution >= 0.6 is 0 Å². The maximum atomic E-state index is 14.7. The van der Waals surface area contributed by atoms with Crippen molar-refractivity contribution in [3.8, 4) is 6.07 Å². The average molecular weight is 399 g/mol. The number of carbonyl (C=O) groups is 1. The number of nitriles is 1. The van der Waals surface area contributed by atoms with Crippen molar-refractivity contribution in [3.05, 3.63) is 42.4 Å². The Labute approximate surface area is 170 Å². The molecule has 2 aromatic rings. The number of oxazole rings is 1. The molecule has 1 aliphatic rings. The van der Waals surface area contributed by atoms with Gasteiger partial charge in [0, 0.05) is 37.8 Å². The molecule has 1 fully saturated rings. The molecule has 1 N–H and O–H groups in total. The molecule has 8 heteroatoms. The quantitative estimate of drug-likeness (QED) is 0.766. The maximum absolute atomic E-state index is 14.7. The van der Waals surface area contributed by atoms with Crippen LogP contribution in [0.4, 0.5) is 15.8 Å². The number of carbonyl (C=O) groups excluding carboxylic acids is 1. The molecule has 1 unspecified atom stereocenters. The number of hydrogen-bond acceptors (Lipinski definition) is 6. The van der Waals surface area contributed by atoms with E-state index in [1.54, 1.807) is 12.1 Å². The van der Waals surface area contributed by atoms with Gasteiger partial charge in [-0.25, -0.2) is 9.37 Å². The summed E-state index contributed by atoms with van der Waals surface area (Å²) in [7, 11) is 0. The van der Waals surface area contributed by atoms with Crippen molar-refractivity contribution >= 4 is 17.3 Å². The van der Waals surface area contributed by atoms with Gasteiger partial charge in [-0.3, -0.25) is 9.69 Å². The van der Waals surface area contributed by atoms with Crippen molar-refractivity contribution in [2.24, 2.45) is 5.92 Å². The van der Waals surface area contributed by atoms with Crippen molar-refractivity contribution in [1.29, 1.82) is 5.26 Å². The number of piperazine rings is 1. The van der Waals surface area contributed by atoms with Gasteiger partial charge in [0.25, 0.3) is 0 Å². The van der Waals surface area contributed by atoms with E-state index in [1.807, 2.05) is 23.6 Å². The number of aromatic nitrogens is 1. The summed E-state index contributed by atoms with van der Waals surface area (Å²) in [5, 5.41) is 12.3. The van der Waals surface area contributed by atoms with Gasteiger partial charge in [-0.15, -0.1) is 0 Å². The second kappa shape index (κ2) is 9.52.